The third-order valence-corrected chi connectivity index (χ3v) is 3.86. The summed E-state index contributed by atoms with van der Waals surface area (Å²) in [6, 6.07) is 9.46. The summed E-state index contributed by atoms with van der Waals surface area (Å²) in [5, 5.41) is 3.12. The van der Waals surface area contributed by atoms with E-state index in [9.17, 15) is 14.0 Å². The Hall–Kier alpha value is -2.95. The van der Waals surface area contributed by atoms with Crippen molar-refractivity contribution >= 4 is 28.3 Å². The summed E-state index contributed by atoms with van der Waals surface area (Å²) in [7, 11) is 0. The fourth-order valence-corrected chi connectivity index (χ4v) is 2.42. The van der Waals surface area contributed by atoms with Crippen molar-refractivity contribution in [2.75, 3.05) is 5.32 Å². The first-order valence-corrected chi connectivity index (χ1v) is 7.15. The van der Waals surface area contributed by atoms with Crippen LogP contribution in [-0.2, 0) is 4.79 Å². The molecule has 0 atom stereocenters. The number of benzene rings is 2. The highest BCUT2D eigenvalue weighted by atomic mass is 19.1. The lowest BCUT2D eigenvalue weighted by atomic mass is 10.1. The predicted molar refractivity (Wildman–Crippen MR) is 87.1 cm³/mol. The van der Waals surface area contributed by atoms with Crippen LogP contribution < -0.4 is 5.32 Å². The number of aromatic nitrogens is 1. The summed E-state index contributed by atoms with van der Waals surface area (Å²) in [5.41, 5.74) is 3.40. The van der Waals surface area contributed by atoms with Gasteiger partial charge < -0.3 is 10.3 Å². The number of rotatable bonds is 3. The van der Waals surface area contributed by atoms with Crippen LogP contribution in [0.25, 0.3) is 10.9 Å². The average Bonchev–Trinajstić information content (AvgIpc) is 2.93. The van der Waals surface area contributed by atoms with Crippen LogP contribution in [0, 0.1) is 19.7 Å². The number of hydrogen-bond acceptors (Lipinski definition) is 2. The summed E-state index contributed by atoms with van der Waals surface area (Å²) in [6.07, 6.45) is 1.42. The number of H-pyrrole nitrogens is 1. The van der Waals surface area contributed by atoms with Crippen LogP contribution in [0.15, 0.2) is 42.6 Å². The Kier molecular flexibility index (Phi) is 3.70. The normalized spacial score (nSPS) is 10.7. The van der Waals surface area contributed by atoms with E-state index in [2.05, 4.69) is 10.3 Å². The van der Waals surface area contributed by atoms with Crippen molar-refractivity contribution in [3.05, 3.63) is 65.1 Å². The Morgan fingerprint density at radius 1 is 1.04 bits per heavy atom. The van der Waals surface area contributed by atoms with Crippen LogP contribution in [0.4, 0.5) is 10.1 Å². The molecular weight excluding hydrogens is 295 g/mol. The minimum atomic E-state index is -0.724. The lowest BCUT2D eigenvalue weighted by molar-refractivity contribution is -0.112. The van der Waals surface area contributed by atoms with Crippen LogP contribution in [-0.4, -0.2) is 16.7 Å². The summed E-state index contributed by atoms with van der Waals surface area (Å²) in [6.45, 7) is 3.90. The van der Waals surface area contributed by atoms with Crippen molar-refractivity contribution in [1.29, 1.82) is 0 Å². The number of halogens is 1. The highest BCUT2D eigenvalue weighted by Crippen LogP contribution is 2.20. The maximum absolute atomic E-state index is 13.2. The first kappa shape index (κ1) is 15.0. The van der Waals surface area contributed by atoms with Gasteiger partial charge in [-0.3, -0.25) is 9.59 Å². The summed E-state index contributed by atoms with van der Waals surface area (Å²) >= 11 is 0. The molecule has 0 saturated heterocycles. The van der Waals surface area contributed by atoms with E-state index in [0.717, 1.165) is 11.1 Å². The molecule has 0 spiro atoms. The smallest absolute Gasteiger partial charge is 0.296 e. The van der Waals surface area contributed by atoms with E-state index in [1.165, 1.54) is 24.4 Å². The molecule has 1 amide bonds. The number of carbonyl (C=O) groups is 2. The molecule has 0 aliphatic carbocycles. The average molecular weight is 310 g/mol. The molecule has 1 aromatic heterocycles. The summed E-state index contributed by atoms with van der Waals surface area (Å²) in [4.78, 5) is 27.3. The zero-order valence-corrected chi connectivity index (χ0v) is 12.7. The number of hydrogen-bond donors (Lipinski definition) is 2. The van der Waals surface area contributed by atoms with Crippen LogP contribution in [0.1, 0.15) is 21.5 Å². The van der Waals surface area contributed by atoms with Gasteiger partial charge in [0.25, 0.3) is 11.7 Å². The predicted octanol–water partition coefficient (Wildman–Crippen LogP) is 3.75. The molecule has 1 heterocycles. The van der Waals surface area contributed by atoms with E-state index < -0.39 is 17.5 Å². The molecule has 5 heteroatoms. The Bertz CT molecular complexity index is 928. The molecular formula is C18H15FN2O2. The van der Waals surface area contributed by atoms with Crippen molar-refractivity contribution in [1.82, 2.24) is 4.98 Å². The van der Waals surface area contributed by atoms with Crippen LogP contribution >= 0.6 is 0 Å². The molecule has 0 aliphatic rings. The first-order chi connectivity index (χ1) is 11.0. The molecule has 0 radical (unpaired) electrons. The van der Waals surface area contributed by atoms with Gasteiger partial charge in [0.05, 0.1) is 5.56 Å². The SMILES string of the molecule is Cc1ccc(NC(=O)C(=O)c2c[nH]c3cc(F)ccc23)cc1C. The number of Topliss-reactive ketones (excluding diaryl/α,β-unsaturated/α-hetero) is 1. The van der Waals surface area contributed by atoms with Crippen molar-refractivity contribution in [2.45, 2.75) is 13.8 Å². The lowest BCUT2D eigenvalue weighted by Crippen LogP contribution is -2.22. The molecule has 0 bridgehead atoms. The van der Waals surface area contributed by atoms with E-state index in [4.69, 9.17) is 0 Å². The molecule has 0 unspecified atom stereocenters. The van der Waals surface area contributed by atoms with E-state index in [-0.39, 0.29) is 5.56 Å². The Balaban J connectivity index is 1.86. The highest BCUT2D eigenvalue weighted by molar-refractivity contribution is 6.48. The van der Waals surface area contributed by atoms with Crippen molar-refractivity contribution in [3.63, 3.8) is 0 Å². The third-order valence-electron chi connectivity index (χ3n) is 3.86. The van der Waals surface area contributed by atoms with Gasteiger partial charge in [-0.1, -0.05) is 6.07 Å². The van der Waals surface area contributed by atoms with Gasteiger partial charge in [0.15, 0.2) is 0 Å². The zero-order chi connectivity index (χ0) is 16.6. The molecule has 0 saturated carbocycles. The molecule has 3 rings (SSSR count). The number of nitrogens with one attached hydrogen (secondary N) is 2. The van der Waals surface area contributed by atoms with Gasteiger partial charge in [0.2, 0.25) is 0 Å². The lowest BCUT2D eigenvalue weighted by Gasteiger charge is -2.06. The van der Waals surface area contributed by atoms with Gasteiger partial charge in [-0.2, -0.15) is 0 Å². The Morgan fingerprint density at radius 2 is 1.83 bits per heavy atom. The zero-order valence-electron chi connectivity index (χ0n) is 12.7. The van der Waals surface area contributed by atoms with E-state index in [1.807, 2.05) is 26.0 Å². The quantitative estimate of drug-likeness (QED) is 0.572. The Morgan fingerprint density at radius 3 is 2.57 bits per heavy atom. The number of amides is 1. The van der Waals surface area contributed by atoms with E-state index in [1.54, 1.807) is 6.07 Å². The van der Waals surface area contributed by atoms with Gasteiger partial charge in [-0.05, 0) is 55.3 Å². The molecule has 3 aromatic rings. The van der Waals surface area contributed by atoms with Crippen LogP contribution in [0.2, 0.25) is 0 Å². The van der Waals surface area contributed by atoms with Crippen LogP contribution in [0.3, 0.4) is 0 Å². The van der Waals surface area contributed by atoms with E-state index >= 15 is 0 Å². The molecule has 4 nitrogen and oxygen atoms in total. The molecule has 0 fully saturated rings. The largest absolute Gasteiger partial charge is 0.360 e. The van der Waals surface area contributed by atoms with Gasteiger partial charge >= 0.3 is 0 Å². The number of aryl methyl sites for hydroxylation is 2. The van der Waals surface area contributed by atoms with Gasteiger partial charge in [0.1, 0.15) is 5.82 Å². The minimum absolute atomic E-state index is 0.223. The second kappa shape index (κ2) is 5.68. The fraction of sp³-hybridized carbons (Fsp3) is 0.111. The molecule has 0 aliphatic heterocycles. The first-order valence-electron chi connectivity index (χ1n) is 7.15. The van der Waals surface area contributed by atoms with Gasteiger partial charge in [-0.25, -0.2) is 4.39 Å². The fourth-order valence-electron chi connectivity index (χ4n) is 2.42. The second-order valence-electron chi connectivity index (χ2n) is 5.47. The molecule has 116 valence electrons. The van der Waals surface area contributed by atoms with Gasteiger partial charge in [0, 0.05) is 22.8 Å². The monoisotopic (exact) mass is 310 g/mol. The maximum Gasteiger partial charge on any atom is 0.296 e. The van der Waals surface area contributed by atoms with Crippen LogP contribution in [0.5, 0.6) is 0 Å². The van der Waals surface area contributed by atoms with Gasteiger partial charge in [-0.15, -0.1) is 0 Å². The number of fused-ring (bicyclic) bond motifs is 1. The number of anilines is 1. The second-order valence-corrected chi connectivity index (χ2v) is 5.47. The standard InChI is InChI=1S/C18H15FN2O2/c1-10-3-5-13(7-11(10)2)21-18(23)17(22)15-9-20-16-8-12(19)4-6-14(15)16/h3-9,20H,1-2H3,(H,21,23). The van der Waals surface area contributed by atoms with E-state index in [0.29, 0.717) is 16.6 Å². The van der Waals surface area contributed by atoms with Crippen molar-refractivity contribution in [3.8, 4) is 0 Å². The molecule has 2 N–H and O–H groups in total. The summed E-state index contributed by atoms with van der Waals surface area (Å²) in [5.74, 6) is -1.79. The molecule has 23 heavy (non-hydrogen) atoms. The number of aromatic amines is 1. The highest BCUT2D eigenvalue weighted by Gasteiger charge is 2.20. The topological polar surface area (TPSA) is 62.0 Å². The maximum atomic E-state index is 13.2. The Labute approximate surface area is 132 Å². The minimum Gasteiger partial charge on any atom is -0.360 e. The van der Waals surface area contributed by atoms with Crippen molar-refractivity contribution < 1.29 is 14.0 Å². The number of ketones is 1. The van der Waals surface area contributed by atoms with Crippen molar-refractivity contribution in [2.24, 2.45) is 0 Å². The molecule has 2 aromatic carbocycles. The summed E-state index contributed by atoms with van der Waals surface area (Å²) < 4.78 is 13.2. The number of carbonyl (C=O) groups excluding carboxylic acids is 2. The third kappa shape index (κ3) is 2.85.